The molecule has 3 heterocycles. The largest absolute Gasteiger partial charge is 0.482 e. The summed E-state index contributed by atoms with van der Waals surface area (Å²) in [6, 6.07) is 15.6. The Hall–Kier alpha value is -4.77. The van der Waals surface area contributed by atoms with Gasteiger partial charge in [0.05, 0.1) is 11.2 Å². The van der Waals surface area contributed by atoms with Crippen LogP contribution in [0.25, 0.3) is 11.0 Å². The number of anilines is 1. The van der Waals surface area contributed by atoms with Gasteiger partial charge in [-0.25, -0.2) is 14.8 Å². The topological polar surface area (TPSA) is 158 Å². The van der Waals surface area contributed by atoms with E-state index in [0.29, 0.717) is 11.4 Å². The van der Waals surface area contributed by atoms with E-state index in [0.717, 1.165) is 25.0 Å². The molecule has 5 rings (SSSR count). The van der Waals surface area contributed by atoms with Gasteiger partial charge in [0.1, 0.15) is 23.2 Å². The Labute approximate surface area is 212 Å². The molecular formula is C26H26N6O5. The molecule has 0 unspecified atom stereocenters. The number of rotatable bonds is 7. The van der Waals surface area contributed by atoms with Gasteiger partial charge < -0.3 is 30.8 Å². The number of fused-ring (bicyclic) bond motifs is 2. The number of hydrogen-bond donors (Lipinski definition) is 5. The number of nitrogens with one attached hydrogen (secondary N) is 4. The van der Waals surface area contributed by atoms with Crippen molar-refractivity contribution < 1.29 is 24.2 Å². The summed E-state index contributed by atoms with van der Waals surface area (Å²) in [5.41, 5.74) is 3.06. The number of carbonyl (C=O) groups is 3. The van der Waals surface area contributed by atoms with E-state index in [9.17, 15) is 14.4 Å². The molecule has 37 heavy (non-hydrogen) atoms. The Balaban J connectivity index is 0.000000270. The highest BCUT2D eigenvalue weighted by atomic mass is 16.5. The number of carboxylic acids is 1. The molecule has 11 heteroatoms. The SMILES string of the molecule is CCNCc1ccccc1.O=C1COc2ccc(CNC(=O)c3ncnc4c(C(=O)O)c[nH]c34)cc2N1. The first-order valence-corrected chi connectivity index (χ1v) is 11.6. The third-order valence-electron chi connectivity index (χ3n) is 5.46. The van der Waals surface area contributed by atoms with Crippen molar-refractivity contribution in [3.05, 3.63) is 83.4 Å². The molecule has 0 fully saturated rings. The lowest BCUT2D eigenvalue weighted by atomic mass is 10.1. The molecule has 1 aliphatic heterocycles. The van der Waals surface area contributed by atoms with E-state index in [2.05, 4.69) is 62.1 Å². The van der Waals surface area contributed by atoms with Gasteiger partial charge in [0.25, 0.3) is 11.8 Å². The fourth-order valence-electron chi connectivity index (χ4n) is 3.65. The number of amides is 2. The monoisotopic (exact) mass is 502 g/mol. The number of benzene rings is 2. The Morgan fingerprint density at radius 3 is 2.65 bits per heavy atom. The highest BCUT2D eigenvalue weighted by Crippen LogP contribution is 2.28. The van der Waals surface area contributed by atoms with Gasteiger partial charge in [-0.3, -0.25) is 9.59 Å². The molecule has 11 nitrogen and oxygen atoms in total. The molecule has 190 valence electrons. The van der Waals surface area contributed by atoms with Gasteiger partial charge in [0, 0.05) is 19.3 Å². The van der Waals surface area contributed by atoms with E-state index in [1.165, 1.54) is 11.8 Å². The molecule has 0 saturated carbocycles. The smallest absolute Gasteiger partial charge is 0.339 e. The molecule has 1 aliphatic rings. The molecule has 2 amide bonds. The minimum atomic E-state index is -1.15. The van der Waals surface area contributed by atoms with Gasteiger partial charge in [-0.2, -0.15) is 0 Å². The number of aromatic carboxylic acids is 1. The number of carbonyl (C=O) groups excluding carboxylic acids is 2. The third-order valence-corrected chi connectivity index (χ3v) is 5.46. The third kappa shape index (κ3) is 6.27. The minimum Gasteiger partial charge on any atom is -0.482 e. The second-order valence-electron chi connectivity index (χ2n) is 8.07. The molecule has 5 N–H and O–H groups in total. The summed E-state index contributed by atoms with van der Waals surface area (Å²) in [6.07, 6.45) is 2.41. The summed E-state index contributed by atoms with van der Waals surface area (Å²) in [6.45, 7) is 4.29. The van der Waals surface area contributed by atoms with E-state index in [4.69, 9.17) is 9.84 Å². The van der Waals surface area contributed by atoms with Crippen LogP contribution in [-0.2, 0) is 17.9 Å². The van der Waals surface area contributed by atoms with Crippen LogP contribution in [0.15, 0.2) is 61.1 Å². The van der Waals surface area contributed by atoms with Crippen LogP contribution in [-0.4, -0.2) is 51.0 Å². The van der Waals surface area contributed by atoms with Crippen LogP contribution in [0.5, 0.6) is 5.75 Å². The zero-order valence-corrected chi connectivity index (χ0v) is 20.1. The van der Waals surface area contributed by atoms with Crippen molar-refractivity contribution in [2.45, 2.75) is 20.0 Å². The lowest BCUT2D eigenvalue weighted by Gasteiger charge is -2.18. The molecule has 4 aromatic rings. The van der Waals surface area contributed by atoms with Crippen molar-refractivity contribution in [3.63, 3.8) is 0 Å². The molecule has 0 bridgehead atoms. The van der Waals surface area contributed by atoms with Crippen LogP contribution >= 0.6 is 0 Å². The zero-order chi connectivity index (χ0) is 26.2. The number of hydrogen-bond acceptors (Lipinski definition) is 7. The summed E-state index contributed by atoms with van der Waals surface area (Å²) in [5.74, 6) is -1.31. The number of H-pyrrole nitrogens is 1. The Morgan fingerprint density at radius 2 is 1.89 bits per heavy atom. The predicted molar refractivity (Wildman–Crippen MR) is 136 cm³/mol. The van der Waals surface area contributed by atoms with Gasteiger partial charge in [-0.1, -0.05) is 43.3 Å². The number of aromatic nitrogens is 3. The summed E-state index contributed by atoms with van der Waals surface area (Å²) < 4.78 is 5.29. The van der Waals surface area contributed by atoms with Crippen LogP contribution in [0, 0.1) is 0 Å². The van der Waals surface area contributed by atoms with Crippen LogP contribution in [0.2, 0.25) is 0 Å². The van der Waals surface area contributed by atoms with Crippen LogP contribution in [0.1, 0.15) is 38.9 Å². The average molecular weight is 503 g/mol. The molecular weight excluding hydrogens is 476 g/mol. The van der Waals surface area contributed by atoms with Gasteiger partial charge in [0.2, 0.25) is 0 Å². The second kappa shape index (κ2) is 11.8. The van der Waals surface area contributed by atoms with E-state index >= 15 is 0 Å². The minimum absolute atomic E-state index is 0.0265. The van der Waals surface area contributed by atoms with Gasteiger partial charge in [0.15, 0.2) is 12.3 Å². The van der Waals surface area contributed by atoms with Gasteiger partial charge in [-0.05, 0) is 29.8 Å². The molecule has 0 radical (unpaired) electrons. The van der Waals surface area contributed by atoms with Crippen molar-refractivity contribution in [1.29, 1.82) is 0 Å². The average Bonchev–Trinajstić information content (AvgIpc) is 3.36. The zero-order valence-electron chi connectivity index (χ0n) is 20.1. The maximum absolute atomic E-state index is 12.5. The second-order valence-corrected chi connectivity index (χ2v) is 8.07. The Morgan fingerprint density at radius 1 is 1.08 bits per heavy atom. The molecule has 2 aromatic carbocycles. The highest BCUT2D eigenvalue weighted by molar-refractivity contribution is 6.08. The normalized spacial score (nSPS) is 12.0. The lowest BCUT2D eigenvalue weighted by Crippen LogP contribution is -2.26. The first kappa shape index (κ1) is 25.3. The van der Waals surface area contributed by atoms with Crippen LogP contribution < -0.4 is 20.7 Å². The highest BCUT2D eigenvalue weighted by Gasteiger charge is 2.20. The Kier molecular flexibility index (Phi) is 8.06. The van der Waals surface area contributed by atoms with E-state index in [1.54, 1.807) is 18.2 Å². The summed E-state index contributed by atoms with van der Waals surface area (Å²) in [5, 5.41) is 17.8. The van der Waals surface area contributed by atoms with Gasteiger partial charge >= 0.3 is 5.97 Å². The standard InChI is InChI=1S/C17H13N5O5.C9H13N/c23-12-6-27-11-2-1-8(3-10(11)22-12)4-19-16(24)15-14-13(20-7-21-15)9(5-18-14)17(25)26;1-2-10-8-9-6-4-3-5-7-9/h1-3,5,7,18H,4,6H2,(H,19,24)(H,22,23)(H,25,26);3-7,10H,2,8H2,1H3. The lowest BCUT2D eigenvalue weighted by molar-refractivity contribution is -0.118. The van der Waals surface area contributed by atoms with Crippen LogP contribution in [0.4, 0.5) is 5.69 Å². The van der Waals surface area contributed by atoms with E-state index < -0.39 is 11.9 Å². The summed E-state index contributed by atoms with van der Waals surface area (Å²) in [7, 11) is 0. The maximum atomic E-state index is 12.5. The number of aromatic amines is 1. The number of nitrogens with zero attached hydrogens (tertiary/aromatic N) is 2. The van der Waals surface area contributed by atoms with Crippen molar-refractivity contribution >= 4 is 34.5 Å². The summed E-state index contributed by atoms with van der Waals surface area (Å²) >= 11 is 0. The molecule has 0 saturated heterocycles. The number of ether oxygens (including phenoxy) is 1. The van der Waals surface area contributed by atoms with Crippen LogP contribution in [0.3, 0.4) is 0 Å². The van der Waals surface area contributed by atoms with Crippen molar-refractivity contribution in [3.8, 4) is 5.75 Å². The van der Waals surface area contributed by atoms with Crippen molar-refractivity contribution in [2.75, 3.05) is 18.5 Å². The van der Waals surface area contributed by atoms with Crippen molar-refractivity contribution in [2.24, 2.45) is 0 Å². The molecule has 0 aliphatic carbocycles. The maximum Gasteiger partial charge on any atom is 0.339 e. The fourth-order valence-corrected chi connectivity index (χ4v) is 3.65. The van der Waals surface area contributed by atoms with E-state index in [1.807, 2.05) is 6.07 Å². The first-order chi connectivity index (χ1) is 18.0. The quantitative estimate of drug-likeness (QED) is 0.258. The molecule has 0 spiro atoms. The predicted octanol–water partition coefficient (Wildman–Crippen LogP) is 2.71. The summed E-state index contributed by atoms with van der Waals surface area (Å²) in [4.78, 5) is 45.7. The molecule has 0 atom stereocenters. The first-order valence-electron chi connectivity index (χ1n) is 11.6. The number of carboxylic acid groups (broad SMARTS) is 1. The van der Waals surface area contributed by atoms with Gasteiger partial charge in [-0.15, -0.1) is 0 Å². The van der Waals surface area contributed by atoms with Crippen molar-refractivity contribution in [1.82, 2.24) is 25.6 Å². The fraction of sp³-hybridized carbons (Fsp3) is 0.192. The Bertz CT molecular complexity index is 1420. The van der Waals surface area contributed by atoms with E-state index in [-0.39, 0.29) is 41.3 Å². The molecule has 2 aromatic heterocycles.